The maximum Gasteiger partial charge on any atom is 0.175 e. The van der Waals surface area contributed by atoms with Gasteiger partial charge in [0.05, 0.1) is 11.0 Å². The van der Waals surface area contributed by atoms with Gasteiger partial charge >= 0.3 is 0 Å². The van der Waals surface area contributed by atoms with Crippen LogP contribution in [0.3, 0.4) is 0 Å². The molecule has 25 heavy (non-hydrogen) atoms. The Morgan fingerprint density at radius 1 is 0.960 bits per heavy atom. The van der Waals surface area contributed by atoms with Crippen LogP contribution in [0.15, 0.2) is 65.1 Å². The molecule has 1 heterocycles. The van der Waals surface area contributed by atoms with Crippen LogP contribution >= 0.6 is 31.9 Å². The summed E-state index contributed by atoms with van der Waals surface area (Å²) in [5.74, 6) is 1.58. The van der Waals surface area contributed by atoms with Crippen LogP contribution in [0, 0.1) is 6.92 Å². The van der Waals surface area contributed by atoms with E-state index in [1.165, 1.54) is 0 Å². The van der Waals surface area contributed by atoms with Crippen LogP contribution in [-0.4, -0.2) is 16.1 Å². The highest BCUT2D eigenvalue weighted by Gasteiger charge is 2.10. The van der Waals surface area contributed by atoms with Crippen molar-refractivity contribution in [3.8, 4) is 22.8 Å². The van der Waals surface area contributed by atoms with E-state index in [4.69, 9.17) is 4.74 Å². The minimum atomic E-state index is 0.0368. The molecule has 0 fully saturated rings. The van der Waals surface area contributed by atoms with E-state index >= 15 is 0 Å². The van der Waals surface area contributed by atoms with Gasteiger partial charge in [-0.3, -0.25) is 9.78 Å². The maximum atomic E-state index is 11.8. The van der Waals surface area contributed by atoms with Crippen LogP contribution < -0.4 is 4.74 Å². The SMILES string of the molecule is Cc1nc(-c2ccc(Oc3ccc(Br)cc3)cc2)ccc1C(=O)CBr. The van der Waals surface area contributed by atoms with Gasteiger partial charge in [0.25, 0.3) is 0 Å². The van der Waals surface area contributed by atoms with Gasteiger partial charge in [-0.15, -0.1) is 0 Å². The van der Waals surface area contributed by atoms with E-state index in [-0.39, 0.29) is 5.78 Å². The predicted molar refractivity (Wildman–Crippen MR) is 107 cm³/mol. The van der Waals surface area contributed by atoms with Crippen molar-refractivity contribution in [2.45, 2.75) is 6.92 Å². The largest absolute Gasteiger partial charge is 0.457 e. The first-order valence-electron chi connectivity index (χ1n) is 7.67. The number of nitrogens with zero attached hydrogens (tertiary/aromatic N) is 1. The Hall–Kier alpha value is -1.98. The highest BCUT2D eigenvalue weighted by molar-refractivity contribution is 9.10. The molecule has 0 amide bonds. The standard InChI is InChI=1S/C20H15Br2NO2/c1-13-18(20(24)12-21)10-11-19(23-13)14-2-6-16(7-3-14)25-17-8-4-15(22)5-9-17/h2-11H,12H2,1H3. The lowest BCUT2D eigenvalue weighted by atomic mass is 10.1. The minimum absolute atomic E-state index is 0.0368. The van der Waals surface area contributed by atoms with Crippen LogP contribution in [0.25, 0.3) is 11.3 Å². The molecular weight excluding hydrogens is 446 g/mol. The lowest BCUT2D eigenvalue weighted by molar-refractivity contribution is 0.102. The summed E-state index contributed by atoms with van der Waals surface area (Å²) in [4.78, 5) is 16.4. The minimum Gasteiger partial charge on any atom is -0.457 e. The number of hydrogen-bond donors (Lipinski definition) is 0. The van der Waals surface area contributed by atoms with E-state index in [1.807, 2.05) is 67.6 Å². The molecule has 0 N–H and O–H groups in total. The molecule has 126 valence electrons. The van der Waals surface area contributed by atoms with Crippen molar-refractivity contribution in [3.05, 3.63) is 76.4 Å². The molecule has 0 aliphatic carbocycles. The normalized spacial score (nSPS) is 10.5. The number of pyridine rings is 1. The number of aryl methyl sites for hydroxylation is 1. The van der Waals surface area contributed by atoms with E-state index in [1.54, 1.807) is 0 Å². The molecule has 0 saturated carbocycles. The average molecular weight is 461 g/mol. The highest BCUT2D eigenvalue weighted by atomic mass is 79.9. The molecule has 0 aliphatic heterocycles. The third-order valence-corrected chi connectivity index (χ3v) is 4.74. The monoisotopic (exact) mass is 459 g/mol. The summed E-state index contributed by atoms with van der Waals surface area (Å²) in [6, 6.07) is 19.1. The number of rotatable bonds is 5. The van der Waals surface area contributed by atoms with Crippen LogP contribution in [0.1, 0.15) is 16.1 Å². The Bertz CT molecular complexity index is 891. The van der Waals surface area contributed by atoms with Crippen molar-refractivity contribution < 1.29 is 9.53 Å². The molecule has 0 bridgehead atoms. The number of carbonyl (C=O) groups is 1. The van der Waals surface area contributed by atoms with Crippen LogP contribution in [0.2, 0.25) is 0 Å². The van der Waals surface area contributed by atoms with Crippen LogP contribution in [0.4, 0.5) is 0 Å². The zero-order valence-electron chi connectivity index (χ0n) is 13.5. The van der Waals surface area contributed by atoms with Gasteiger partial charge in [0, 0.05) is 21.3 Å². The van der Waals surface area contributed by atoms with Crippen LogP contribution in [-0.2, 0) is 0 Å². The van der Waals surface area contributed by atoms with Crippen molar-refractivity contribution in [2.24, 2.45) is 0 Å². The fraction of sp³-hybridized carbons (Fsp3) is 0.100. The summed E-state index contributed by atoms with van der Waals surface area (Å²) in [5, 5.41) is 0.303. The summed E-state index contributed by atoms with van der Waals surface area (Å²) < 4.78 is 6.83. The quantitative estimate of drug-likeness (QED) is 0.336. The Morgan fingerprint density at radius 3 is 2.12 bits per heavy atom. The molecule has 0 saturated heterocycles. The molecule has 0 spiro atoms. The summed E-state index contributed by atoms with van der Waals surface area (Å²) in [6.45, 7) is 1.85. The molecule has 3 aromatic rings. The molecule has 3 rings (SSSR count). The second-order valence-electron chi connectivity index (χ2n) is 5.47. The smallest absolute Gasteiger partial charge is 0.175 e. The number of halogens is 2. The van der Waals surface area contributed by atoms with Crippen LogP contribution in [0.5, 0.6) is 11.5 Å². The lowest BCUT2D eigenvalue weighted by Gasteiger charge is -2.08. The van der Waals surface area contributed by atoms with Gasteiger partial charge < -0.3 is 4.74 Å². The first-order chi connectivity index (χ1) is 12.1. The fourth-order valence-electron chi connectivity index (χ4n) is 2.42. The van der Waals surface area contributed by atoms with E-state index in [2.05, 4.69) is 36.8 Å². The molecular formula is C20H15Br2NO2. The molecule has 0 unspecified atom stereocenters. The molecule has 5 heteroatoms. The van der Waals surface area contributed by atoms with E-state index in [9.17, 15) is 4.79 Å². The predicted octanol–water partition coefficient (Wildman–Crippen LogP) is 6.19. The zero-order chi connectivity index (χ0) is 17.8. The Labute approximate surface area is 163 Å². The molecule has 3 nitrogen and oxygen atoms in total. The molecule has 2 aromatic carbocycles. The highest BCUT2D eigenvalue weighted by Crippen LogP contribution is 2.26. The second-order valence-corrected chi connectivity index (χ2v) is 6.94. The van der Waals surface area contributed by atoms with E-state index in [0.717, 1.165) is 32.9 Å². The number of alkyl halides is 1. The average Bonchev–Trinajstić information content (AvgIpc) is 2.63. The van der Waals surface area contributed by atoms with Crippen molar-refractivity contribution in [1.29, 1.82) is 0 Å². The van der Waals surface area contributed by atoms with Gasteiger partial charge in [-0.2, -0.15) is 0 Å². The summed E-state index contributed by atoms with van der Waals surface area (Å²) in [5.41, 5.74) is 3.19. The third-order valence-electron chi connectivity index (χ3n) is 3.71. The van der Waals surface area contributed by atoms with Crippen molar-refractivity contribution in [1.82, 2.24) is 4.98 Å². The van der Waals surface area contributed by atoms with Gasteiger partial charge in [-0.1, -0.05) is 31.9 Å². The second kappa shape index (κ2) is 7.93. The van der Waals surface area contributed by atoms with E-state index in [0.29, 0.717) is 10.9 Å². The summed E-state index contributed by atoms with van der Waals surface area (Å²) >= 11 is 6.60. The zero-order valence-corrected chi connectivity index (χ0v) is 16.7. The number of ether oxygens (including phenoxy) is 1. The molecule has 1 aromatic heterocycles. The van der Waals surface area contributed by atoms with Gasteiger partial charge in [-0.05, 0) is 67.6 Å². The van der Waals surface area contributed by atoms with Gasteiger partial charge in [0.15, 0.2) is 5.78 Å². The topological polar surface area (TPSA) is 39.2 Å². The number of Topliss-reactive ketones (excluding diaryl/α,β-unsaturated/α-hetero) is 1. The van der Waals surface area contributed by atoms with Gasteiger partial charge in [0.2, 0.25) is 0 Å². The van der Waals surface area contributed by atoms with E-state index < -0.39 is 0 Å². The van der Waals surface area contributed by atoms with Gasteiger partial charge in [0.1, 0.15) is 11.5 Å². The molecule has 0 radical (unpaired) electrons. The molecule has 0 atom stereocenters. The number of benzene rings is 2. The summed E-state index contributed by atoms with van der Waals surface area (Å²) in [7, 11) is 0. The van der Waals surface area contributed by atoms with Crippen molar-refractivity contribution in [3.63, 3.8) is 0 Å². The lowest BCUT2D eigenvalue weighted by Crippen LogP contribution is -2.04. The first-order valence-corrected chi connectivity index (χ1v) is 9.59. The third kappa shape index (κ3) is 4.35. The van der Waals surface area contributed by atoms with Crippen molar-refractivity contribution in [2.75, 3.05) is 5.33 Å². The Kier molecular flexibility index (Phi) is 5.66. The fourth-order valence-corrected chi connectivity index (χ4v) is 2.99. The maximum absolute atomic E-state index is 11.8. The number of carbonyl (C=O) groups excluding carboxylic acids is 1. The number of hydrogen-bond acceptors (Lipinski definition) is 3. The number of aromatic nitrogens is 1. The Balaban J connectivity index is 1.79. The molecule has 0 aliphatic rings. The first kappa shape index (κ1) is 17.8. The Morgan fingerprint density at radius 2 is 1.56 bits per heavy atom. The summed E-state index contributed by atoms with van der Waals surface area (Å²) in [6.07, 6.45) is 0. The van der Waals surface area contributed by atoms with Crippen molar-refractivity contribution >= 4 is 37.6 Å². The van der Waals surface area contributed by atoms with Gasteiger partial charge in [-0.25, -0.2) is 0 Å². The number of ketones is 1.